The van der Waals surface area contributed by atoms with Gasteiger partial charge in [-0.1, -0.05) is 30.3 Å². The van der Waals surface area contributed by atoms with Crippen LogP contribution in [-0.4, -0.2) is 11.5 Å². The number of hydrogen-bond donors (Lipinski definition) is 0. The average Bonchev–Trinajstić information content (AvgIpc) is 2.43. The van der Waals surface area contributed by atoms with Crippen molar-refractivity contribution in [1.29, 1.82) is 0 Å². The Kier molecular flexibility index (Phi) is 4.68. The Hall–Kier alpha value is -1.68. The monoisotopic (exact) mass is 278 g/mol. The third-order valence-electron chi connectivity index (χ3n) is 2.58. The highest BCUT2D eigenvalue weighted by molar-refractivity contribution is 7.99. The molecule has 19 heavy (non-hydrogen) atoms. The SMILES string of the molecule is O=C(CCSc1cc(F)ccc1F)c1ccccc1. The Morgan fingerprint density at radius 3 is 2.53 bits per heavy atom. The first-order chi connectivity index (χ1) is 9.16. The van der Waals surface area contributed by atoms with Crippen molar-refractivity contribution in [3.8, 4) is 0 Å². The first kappa shape index (κ1) is 13.7. The summed E-state index contributed by atoms with van der Waals surface area (Å²) < 4.78 is 26.3. The van der Waals surface area contributed by atoms with Gasteiger partial charge in [0.1, 0.15) is 11.6 Å². The molecular weight excluding hydrogens is 266 g/mol. The van der Waals surface area contributed by atoms with Gasteiger partial charge in [-0.05, 0) is 18.2 Å². The molecule has 0 spiro atoms. The fourth-order valence-electron chi connectivity index (χ4n) is 1.61. The summed E-state index contributed by atoms with van der Waals surface area (Å²) in [6.45, 7) is 0. The van der Waals surface area contributed by atoms with Gasteiger partial charge in [-0.25, -0.2) is 8.78 Å². The molecule has 2 aromatic rings. The van der Waals surface area contributed by atoms with E-state index in [1.807, 2.05) is 6.07 Å². The molecule has 0 radical (unpaired) electrons. The van der Waals surface area contributed by atoms with Crippen molar-refractivity contribution in [2.24, 2.45) is 0 Å². The van der Waals surface area contributed by atoms with Gasteiger partial charge in [-0.2, -0.15) is 0 Å². The summed E-state index contributed by atoms with van der Waals surface area (Å²) in [5.41, 5.74) is 0.641. The van der Waals surface area contributed by atoms with Crippen molar-refractivity contribution in [2.75, 3.05) is 5.75 Å². The second-order valence-corrected chi connectivity index (χ2v) is 5.10. The molecule has 2 rings (SSSR count). The van der Waals surface area contributed by atoms with E-state index in [-0.39, 0.29) is 10.7 Å². The van der Waals surface area contributed by atoms with Crippen LogP contribution >= 0.6 is 11.8 Å². The number of benzene rings is 2. The fourth-order valence-corrected chi connectivity index (χ4v) is 2.52. The second-order valence-electron chi connectivity index (χ2n) is 3.96. The van der Waals surface area contributed by atoms with Gasteiger partial charge in [-0.3, -0.25) is 4.79 Å². The Balaban J connectivity index is 1.90. The number of halogens is 2. The first-order valence-electron chi connectivity index (χ1n) is 5.83. The predicted octanol–water partition coefficient (Wildman–Crippen LogP) is 4.33. The van der Waals surface area contributed by atoms with Crippen LogP contribution in [0, 0.1) is 11.6 Å². The quantitative estimate of drug-likeness (QED) is 0.598. The topological polar surface area (TPSA) is 17.1 Å². The third kappa shape index (κ3) is 3.89. The second kappa shape index (κ2) is 6.48. The lowest BCUT2D eigenvalue weighted by Crippen LogP contribution is -2.00. The van der Waals surface area contributed by atoms with Crippen LogP contribution in [0.3, 0.4) is 0 Å². The average molecular weight is 278 g/mol. The minimum absolute atomic E-state index is 0.00455. The Bertz CT molecular complexity index is 570. The van der Waals surface area contributed by atoms with Crippen LogP contribution in [0.25, 0.3) is 0 Å². The number of carbonyl (C=O) groups is 1. The van der Waals surface area contributed by atoms with Crippen LogP contribution in [0.1, 0.15) is 16.8 Å². The Morgan fingerprint density at radius 1 is 1.05 bits per heavy atom. The molecular formula is C15H12F2OS. The van der Waals surface area contributed by atoms with Crippen molar-refractivity contribution in [3.05, 3.63) is 65.7 Å². The van der Waals surface area contributed by atoms with E-state index in [9.17, 15) is 13.6 Å². The number of Topliss-reactive ketones (excluding diaryl/α,β-unsaturated/α-hetero) is 1. The number of ketones is 1. The summed E-state index contributed by atoms with van der Waals surface area (Å²) in [5.74, 6) is -0.504. The van der Waals surface area contributed by atoms with Gasteiger partial charge >= 0.3 is 0 Å². The first-order valence-corrected chi connectivity index (χ1v) is 6.81. The van der Waals surface area contributed by atoms with Gasteiger partial charge in [0.2, 0.25) is 0 Å². The standard InChI is InChI=1S/C15H12F2OS/c16-12-6-7-13(17)15(10-12)19-9-8-14(18)11-4-2-1-3-5-11/h1-7,10H,8-9H2. The molecule has 0 heterocycles. The van der Waals surface area contributed by atoms with Crippen LogP contribution in [0.2, 0.25) is 0 Å². The number of rotatable bonds is 5. The molecule has 0 aliphatic carbocycles. The lowest BCUT2D eigenvalue weighted by Gasteiger charge is -2.03. The molecule has 0 fully saturated rings. The van der Waals surface area contributed by atoms with E-state index in [1.165, 1.54) is 0 Å². The van der Waals surface area contributed by atoms with E-state index in [4.69, 9.17) is 0 Å². The summed E-state index contributed by atoms with van der Waals surface area (Å²) >= 11 is 1.15. The third-order valence-corrected chi connectivity index (χ3v) is 3.61. The molecule has 4 heteroatoms. The lowest BCUT2D eigenvalue weighted by molar-refractivity contribution is 0.0989. The molecule has 0 saturated heterocycles. The molecule has 0 atom stereocenters. The summed E-state index contributed by atoms with van der Waals surface area (Å²) in [6.07, 6.45) is 0.296. The van der Waals surface area contributed by atoms with Crippen LogP contribution in [0.5, 0.6) is 0 Å². The highest BCUT2D eigenvalue weighted by atomic mass is 32.2. The summed E-state index contributed by atoms with van der Waals surface area (Å²) in [4.78, 5) is 12.0. The Morgan fingerprint density at radius 2 is 1.79 bits per heavy atom. The van der Waals surface area contributed by atoms with E-state index in [0.29, 0.717) is 17.7 Å². The van der Waals surface area contributed by atoms with Crippen LogP contribution in [-0.2, 0) is 0 Å². The normalized spacial score (nSPS) is 10.4. The zero-order chi connectivity index (χ0) is 13.7. The number of hydrogen-bond acceptors (Lipinski definition) is 2. The van der Waals surface area contributed by atoms with E-state index in [1.54, 1.807) is 24.3 Å². The van der Waals surface area contributed by atoms with Crippen molar-refractivity contribution in [2.45, 2.75) is 11.3 Å². The maximum atomic E-state index is 13.3. The van der Waals surface area contributed by atoms with Crippen molar-refractivity contribution in [3.63, 3.8) is 0 Å². The maximum absolute atomic E-state index is 13.3. The van der Waals surface area contributed by atoms with Gasteiger partial charge in [0.25, 0.3) is 0 Å². The molecule has 0 N–H and O–H groups in total. The minimum Gasteiger partial charge on any atom is -0.294 e. The van der Waals surface area contributed by atoms with E-state index < -0.39 is 11.6 Å². The van der Waals surface area contributed by atoms with Crippen molar-refractivity contribution >= 4 is 17.5 Å². The highest BCUT2D eigenvalue weighted by Gasteiger charge is 2.08. The molecule has 0 aliphatic heterocycles. The van der Waals surface area contributed by atoms with Crippen LogP contribution in [0.15, 0.2) is 53.4 Å². The number of carbonyl (C=O) groups excluding carboxylic acids is 1. The molecule has 0 aliphatic rings. The highest BCUT2D eigenvalue weighted by Crippen LogP contribution is 2.23. The number of thioether (sulfide) groups is 1. The summed E-state index contributed by atoms with van der Waals surface area (Å²) in [7, 11) is 0. The van der Waals surface area contributed by atoms with Crippen molar-refractivity contribution < 1.29 is 13.6 Å². The Labute approximate surface area is 114 Å². The molecule has 0 unspecified atom stereocenters. The molecule has 1 nitrogen and oxygen atoms in total. The zero-order valence-corrected chi connectivity index (χ0v) is 10.9. The largest absolute Gasteiger partial charge is 0.294 e. The van der Waals surface area contributed by atoms with Crippen LogP contribution in [0.4, 0.5) is 8.78 Å². The molecule has 0 saturated carbocycles. The molecule has 0 amide bonds. The summed E-state index contributed by atoms with van der Waals surface area (Å²) in [6, 6.07) is 12.2. The van der Waals surface area contributed by atoms with Gasteiger partial charge in [0.05, 0.1) is 0 Å². The van der Waals surface area contributed by atoms with Crippen molar-refractivity contribution in [1.82, 2.24) is 0 Å². The van der Waals surface area contributed by atoms with Gasteiger partial charge in [0, 0.05) is 22.6 Å². The van der Waals surface area contributed by atoms with E-state index >= 15 is 0 Å². The van der Waals surface area contributed by atoms with E-state index in [2.05, 4.69) is 0 Å². The van der Waals surface area contributed by atoms with E-state index in [0.717, 1.165) is 30.0 Å². The van der Waals surface area contributed by atoms with Gasteiger partial charge in [-0.15, -0.1) is 11.8 Å². The molecule has 2 aromatic carbocycles. The lowest BCUT2D eigenvalue weighted by atomic mass is 10.1. The molecule has 98 valence electrons. The van der Waals surface area contributed by atoms with Gasteiger partial charge < -0.3 is 0 Å². The smallest absolute Gasteiger partial charge is 0.163 e. The summed E-state index contributed by atoms with van der Waals surface area (Å²) in [5, 5.41) is 0. The fraction of sp³-hybridized carbons (Fsp3) is 0.133. The predicted molar refractivity (Wildman–Crippen MR) is 72.5 cm³/mol. The molecule has 0 aromatic heterocycles. The maximum Gasteiger partial charge on any atom is 0.163 e. The van der Waals surface area contributed by atoms with Crippen LogP contribution < -0.4 is 0 Å². The van der Waals surface area contributed by atoms with Gasteiger partial charge in [0.15, 0.2) is 5.78 Å². The zero-order valence-electron chi connectivity index (χ0n) is 10.1. The molecule has 0 bridgehead atoms. The minimum atomic E-state index is -0.474.